The molecule has 13 heteroatoms. The Labute approximate surface area is 452 Å². The summed E-state index contributed by atoms with van der Waals surface area (Å²) in [4.78, 5) is 20.5. The first-order valence-corrected chi connectivity index (χ1v) is 29.3. The highest BCUT2D eigenvalue weighted by molar-refractivity contribution is 5.97. The lowest BCUT2D eigenvalue weighted by Gasteiger charge is -2.59. The Bertz CT molecular complexity index is 2580. The molecule has 15 atom stereocenters. The van der Waals surface area contributed by atoms with Crippen molar-refractivity contribution < 1.29 is 44.2 Å². The predicted octanol–water partition coefficient (Wildman–Crippen LogP) is 9.40. The number of aliphatic hydroxyl groups excluding tert-OH is 3. The van der Waals surface area contributed by atoms with E-state index in [1.807, 2.05) is 25.3 Å². The van der Waals surface area contributed by atoms with Crippen LogP contribution in [0.3, 0.4) is 0 Å². The maximum atomic E-state index is 15.8. The largest absolute Gasteiger partial charge is 0.504 e. The van der Waals surface area contributed by atoms with E-state index in [9.17, 15) is 20.4 Å². The topological polar surface area (TPSA) is 183 Å². The lowest BCUT2D eigenvalue weighted by molar-refractivity contribution is -0.159. The van der Waals surface area contributed by atoms with Gasteiger partial charge in [0.1, 0.15) is 11.7 Å². The van der Waals surface area contributed by atoms with Gasteiger partial charge in [-0.15, -0.1) is 0 Å². The molecule has 10 rings (SSSR count). The van der Waals surface area contributed by atoms with E-state index in [1.54, 1.807) is 20.2 Å². The van der Waals surface area contributed by atoms with Gasteiger partial charge in [0.05, 0.1) is 18.9 Å². The zero-order chi connectivity index (χ0) is 53.0. The molecule has 2 aliphatic heterocycles. The summed E-state index contributed by atoms with van der Waals surface area (Å²) in [5, 5.41) is 53.2. The van der Waals surface area contributed by atoms with E-state index < -0.39 is 22.7 Å². The number of anilines is 1. The average Bonchev–Trinajstić information content (AvgIpc) is 4.36. The van der Waals surface area contributed by atoms with Crippen molar-refractivity contribution in [3.05, 3.63) is 53.6 Å². The van der Waals surface area contributed by atoms with Crippen molar-refractivity contribution in [1.29, 1.82) is 0 Å². The smallest absolute Gasteiger partial charge is 0.207 e. The van der Waals surface area contributed by atoms with Crippen molar-refractivity contribution in [2.75, 3.05) is 46.3 Å². The molecule has 8 aliphatic rings. The molecule has 6 fully saturated rings. The number of ketones is 1. The number of phenolic OH excluding ortho intramolecular Hbond substituents is 1. The number of ether oxygens (including phenoxy) is 4. The van der Waals surface area contributed by atoms with Crippen LogP contribution in [-0.2, 0) is 21.4 Å². The number of aromatic hydroxyl groups is 1. The van der Waals surface area contributed by atoms with Crippen molar-refractivity contribution in [1.82, 2.24) is 10.6 Å². The zero-order valence-corrected chi connectivity index (χ0v) is 45.7. The number of nitrogens with one attached hydrogen (secondary N) is 3. The Morgan fingerprint density at radius 1 is 0.987 bits per heavy atom. The molecular weight excluding hydrogens is 957 g/mol. The molecule has 4 bridgehead atoms. The van der Waals surface area contributed by atoms with Gasteiger partial charge in [-0.1, -0.05) is 63.0 Å². The van der Waals surface area contributed by atoms with Crippen molar-refractivity contribution in [2.24, 2.45) is 69.6 Å². The molecule has 0 amide bonds. The van der Waals surface area contributed by atoms with Crippen molar-refractivity contribution in [3.63, 3.8) is 0 Å². The molecule has 0 saturated heterocycles. The molecule has 6 aliphatic carbocycles. The molecule has 0 radical (unpaired) electrons. The number of phenols is 1. The van der Waals surface area contributed by atoms with Crippen molar-refractivity contribution in [2.45, 2.75) is 165 Å². The number of allylic oxidation sites excluding steroid dienone is 2. The summed E-state index contributed by atoms with van der Waals surface area (Å²) >= 11 is 0. The van der Waals surface area contributed by atoms with Gasteiger partial charge in [0, 0.05) is 68.9 Å². The van der Waals surface area contributed by atoms with E-state index in [2.05, 4.69) is 65.1 Å². The van der Waals surface area contributed by atoms with E-state index in [0.717, 1.165) is 107 Å². The lowest BCUT2D eigenvalue weighted by atomic mass is 9.45. The molecule has 2 aromatic carbocycles. The van der Waals surface area contributed by atoms with Gasteiger partial charge in [-0.25, -0.2) is 0 Å². The van der Waals surface area contributed by atoms with E-state index in [4.69, 9.17) is 23.9 Å². The Balaban J connectivity index is 1.12. The lowest BCUT2D eigenvalue weighted by Crippen LogP contribution is -2.55. The molecule has 15 unspecified atom stereocenters. The number of hydrogen-bond donors (Lipinski definition) is 7. The highest BCUT2D eigenvalue weighted by Gasteiger charge is 2.61. The SMILES string of the molecule is CCC1CCC2C(C1)C1C=CC(=O)C3(Cc4ccc(O)c(OC)c4)CCCC3CC#CNC(=NC)Nc3cc(cc4c3OC#CCC3CC(CNC)(CC3CC(O)OC3CCCC3CO)O4)C13CCCC3C2CCCO. The van der Waals surface area contributed by atoms with Gasteiger partial charge in [-0.2, -0.15) is 0 Å². The molecule has 2 heterocycles. The number of carbonyl (C=O) groups is 1. The first-order chi connectivity index (χ1) is 37.0. The summed E-state index contributed by atoms with van der Waals surface area (Å²) in [6.07, 6.45) is 24.4. The van der Waals surface area contributed by atoms with Gasteiger partial charge in [-0.05, 0) is 185 Å². The third-order valence-electron chi connectivity index (χ3n) is 20.6. The molecule has 0 aromatic heterocycles. The van der Waals surface area contributed by atoms with Gasteiger partial charge in [0.15, 0.2) is 29.3 Å². The Morgan fingerprint density at radius 2 is 1.86 bits per heavy atom. The Morgan fingerprint density at radius 3 is 2.66 bits per heavy atom. The fourth-order valence-electron chi connectivity index (χ4n) is 17.2. The highest BCUT2D eigenvalue weighted by Crippen LogP contribution is 2.67. The Kier molecular flexibility index (Phi) is 17.0. The fraction of sp³-hybridized carbons (Fsp3) is 0.683. The van der Waals surface area contributed by atoms with Crippen LogP contribution in [0.15, 0.2) is 47.5 Å². The van der Waals surface area contributed by atoms with Crippen molar-refractivity contribution >= 4 is 17.4 Å². The highest BCUT2D eigenvalue weighted by atomic mass is 16.6. The average molecular weight is 1040 g/mol. The van der Waals surface area contributed by atoms with E-state index in [0.29, 0.717) is 91.2 Å². The third-order valence-corrected chi connectivity index (χ3v) is 20.6. The van der Waals surface area contributed by atoms with Crippen LogP contribution in [0.4, 0.5) is 5.69 Å². The number of likely N-dealkylation sites (N-methyl/N-ethyl adjacent to an activating group) is 1. The summed E-state index contributed by atoms with van der Waals surface area (Å²) in [5.41, 5.74) is 1.01. The molecule has 13 nitrogen and oxygen atoms in total. The summed E-state index contributed by atoms with van der Waals surface area (Å²) in [7, 11) is 5.27. The zero-order valence-electron chi connectivity index (χ0n) is 45.7. The van der Waals surface area contributed by atoms with Crippen LogP contribution < -0.4 is 30.2 Å². The van der Waals surface area contributed by atoms with Crippen molar-refractivity contribution in [3.8, 4) is 47.0 Å². The fourth-order valence-corrected chi connectivity index (χ4v) is 17.2. The second-order valence-electron chi connectivity index (χ2n) is 24.4. The van der Waals surface area contributed by atoms with E-state index >= 15 is 4.79 Å². The van der Waals surface area contributed by atoms with Crippen LogP contribution in [-0.4, -0.2) is 91.1 Å². The first kappa shape index (κ1) is 54.6. The monoisotopic (exact) mass is 1040 g/mol. The maximum Gasteiger partial charge on any atom is 0.207 e. The number of methoxy groups -OCH3 is 1. The van der Waals surface area contributed by atoms with Gasteiger partial charge >= 0.3 is 0 Å². The molecule has 412 valence electrons. The van der Waals surface area contributed by atoms with Gasteiger partial charge in [-0.3, -0.25) is 15.1 Å². The number of nitrogens with zero attached hydrogens (tertiary/aromatic N) is 1. The number of benzene rings is 2. The maximum absolute atomic E-state index is 15.8. The summed E-state index contributed by atoms with van der Waals surface area (Å²) in [6.45, 7) is 3.13. The van der Waals surface area contributed by atoms with Gasteiger partial charge in [0.25, 0.3) is 0 Å². The van der Waals surface area contributed by atoms with Crippen LogP contribution in [0.1, 0.15) is 146 Å². The number of rotatable bonds is 14. The number of guanidine groups is 1. The molecule has 7 N–H and O–H groups in total. The normalized spacial score (nSPS) is 36.5. The third kappa shape index (κ3) is 10.6. The summed E-state index contributed by atoms with van der Waals surface area (Å²) < 4.78 is 26.2. The number of aliphatic hydroxyl groups is 3. The summed E-state index contributed by atoms with van der Waals surface area (Å²) in [6, 6.07) is 13.2. The van der Waals surface area contributed by atoms with Gasteiger partial charge in [0.2, 0.25) is 11.7 Å². The molecular formula is C63H86N4O9. The minimum absolute atomic E-state index is 0.00179. The van der Waals surface area contributed by atoms with E-state index in [-0.39, 0.29) is 66.4 Å². The Hall–Kier alpha value is -4.76. The molecule has 2 aromatic rings. The van der Waals surface area contributed by atoms with Crippen LogP contribution >= 0.6 is 0 Å². The molecule has 6 saturated carbocycles. The standard InChI is InChI=1S/C63H86N4O9/c1-5-40-19-21-47-48(16-10-28-68)50-17-8-26-63(50)46-33-52(59-56(34-46)76-61(39-64-2)36-42(13-11-29-74-59)44(37-61)32-58(72)75-54-18-6-12-43(54)38-69)67-60(65-3)66-27-9-15-45-14-7-25-62(45,57(71)24-22-51(63)49(47)30-40)35-41-20-23-53(70)55(31-41)73-4/h20,22-24,31,33-34,40,42-45,47-51,54,58,64,68-70,72H,5-8,10,12-19,21,25-26,28,30,32,35-39H2,1-4H3,(H2,65,66,67). The number of carbonyl (C=O) groups excluding carboxylic acids is 1. The second kappa shape index (κ2) is 23.7. The van der Waals surface area contributed by atoms with Crippen LogP contribution in [0.5, 0.6) is 23.0 Å². The molecule has 76 heavy (non-hydrogen) atoms. The minimum atomic E-state index is -0.969. The number of fused-ring (bicyclic) bond motifs is 9. The van der Waals surface area contributed by atoms with Crippen LogP contribution in [0.25, 0.3) is 0 Å². The van der Waals surface area contributed by atoms with E-state index in [1.165, 1.54) is 6.42 Å². The van der Waals surface area contributed by atoms with Crippen LogP contribution in [0, 0.1) is 88.6 Å². The minimum Gasteiger partial charge on any atom is -0.504 e. The predicted molar refractivity (Wildman–Crippen MR) is 295 cm³/mol. The second-order valence-corrected chi connectivity index (χ2v) is 24.4. The van der Waals surface area contributed by atoms with Gasteiger partial charge < -0.3 is 50.0 Å². The molecule has 1 spiro atoms. The number of hydrogen-bond acceptors (Lipinski definition) is 11. The first-order valence-electron chi connectivity index (χ1n) is 29.3. The quantitative estimate of drug-likeness (QED) is 0.0704. The number of aliphatic imine (C=N–C) groups is 1. The van der Waals surface area contributed by atoms with Crippen LogP contribution in [0.2, 0.25) is 0 Å². The summed E-state index contributed by atoms with van der Waals surface area (Å²) in [5.74, 6) is 11.3.